The van der Waals surface area contributed by atoms with Gasteiger partial charge in [0.25, 0.3) is 0 Å². The first-order valence-electron chi connectivity index (χ1n) is 10.7. The summed E-state index contributed by atoms with van der Waals surface area (Å²) < 4.78 is 0. The van der Waals surface area contributed by atoms with Gasteiger partial charge < -0.3 is 15.7 Å². The minimum Gasteiger partial charge on any atom is -0.396 e. The quantitative estimate of drug-likeness (QED) is 0.237. The maximum absolute atomic E-state index is 9.75. The van der Waals surface area contributed by atoms with Gasteiger partial charge in [-0.25, -0.2) is 4.99 Å². The number of nitrogens with one attached hydrogen (secondary N) is 2. The molecule has 5 nitrogen and oxygen atoms in total. The van der Waals surface area contributed by atoms with Gasteiger partial charge in [-0.2, -0.15) is 0 Å². The highest BCUT2D eigenvalue weighted by Crippen LogP contribution is 2.13. The number of rotatable bonds is 11. The van der Waals surface area contributed by atoms with E-state index in [9.17, 15) is 5.11 Å². The average molecular weight is 524 g/mol. The average Bonchev–Trinajstić information content (AvgIpc) is 2.77. The van der Waals surface area contributed by atoms with Crippen molar-refractivity contribution in [1.29, 1.82) is 0 Å². The standard InChI is InChI=1S/C24H36N4O.HI/c1-4-25-24(27-17-23(19-29)22-10-8-7-9-11-22)26-16-20-12-14-21(15-13-20)18-28(5-2)6-3;/h7-15,23,29H,4-6,16-19H2,1-3H3,(H2,25,26,27);1H. The van der Waals surface area contributed by atoms with E-state index in [1.165, 1.54) is 11.1 Å². The van der Waals surface area contributed by atoms with Crippen molar-refractivity contribution in [2.75, 3.05) is 32.8 Å². The molecule has 0 aliphatic rings. The molecule has 0 radical (unpaired) electrons. The van der Waals surface area contributed by atoms with Crippen LogP contribution >= 0.6 is 24.0 Å². The first kappa shape index (κ1) is 26.4. The lowest BCUT2D eigenvalue weighted by molar-refractivity contribution is 0.265. The third-order valence-electron chi connectivity index (χ3n) is 5.09. The van der Waals surface area contributed by atoms with Crippen molar-refractivity contribution in [2.45, 2.75) is 39.8 Å². The minimum absolute atomic E-state index is 0. The monoisotopic (exact) mass is 524 g/mol. The van der Waals surface area contributed by atoms with E-state index in [-0.39, 0.29) is 36.5 Å². The number of guanidine groups is 1. The maximum atomic E-state index is 9.75. The molecule has 2 aromatic carbocycles. The predicted octanol–water partition coefficient (Wildman–Crippen LogP) is 3.98. The van der Waals surface area contributed by atoms with Crippen LogP contribution in [0.25, 0.3) is 0 Å². The van der Waals surface area contributed by atoms with Crippen molar-refractivity contribution in [3.05, 3.63) is 71.3 Å². The fourth-order valence-corrected chi connectivity index (χ4v) is 3.20. The van der Waals surface area contributed by atoms with E-state index in [4.69, 9.17) is 4.99 Å². The zero-order valence-corrected chi connectivity index (χ0v) is 20.8. The van der Waals surface area contributed by atoms with E-state index >= 15 is 0 Å². The van der Waals surface area contributed by atoms with Crippen molar-refractivity contribution in [3.8, 4) is 0 Å². The molecule has 30 heavy (non-hydrogen) atoms. The molecule has 0 aliphatic heterocycles. The molecule has 0 heterocycles. The van der Waals surface area contributed by atoms with E-state index in [1.54, 1.807) is 0 Å². The number of aliphatic imine (C=N–C) groups is 1. The largest absolute Gasteiger partial charge is 0.396 e. The molecule has 1 unspecified atom stereocenters. The molecule has 0 aliphatic carbocycles. The zero-order chi connectivity index (χ0) is 20.9. The van der Waals surface area contributed by atoms with Crippen molar-refractivity contribution in [1.82, 2.24) is 15.5 Å². The van der Waals surface area contributed by atoms with Gasteiger partial charge in [-0.1, -0.05) is 68.4 Å². The molecular formula is C24H37IN4O. The summed E-state index contributed by atoms with van der Waals surface area (Å²) >= 11 is 0. The van der Waals surface area contributed by atoms with Crippen molar-refractivity contribution < 1.29 is 5.11 Å². The van der Waals surface area contributed by atoms with Gasteiger partial charge in [0.2, 0.25) is 0 Å². The summed E-state index contributed by atoms with van der Waals surface area (Å²) in [5, 5.41) is 16.4. The van der Waals surface area contributed by atoms with Crippen LogP contribution in [0.5, 0.6) is 0 Å². The van der Waals surface area contributed by atoms with Gasteiger partial charge in [0.1, 0.15) is 0 Å². The highest BCUT2D eigenvalue weighted by atomic mass is 127. The van der Waals surface area contributed by atoms with Crippen molar-refractivity contribution >= 4 is 29.9 Å². The Morgan fingerprint density at radius 3 is 2.13 bits per heavy atom. The van der Waals surface area contributed by atoms with E-state index in [0.29, 0.717) is 13.1 Å². The Kier molecular flexibility index (Phi) is 13.4. The number of aliphatic hydroxyl groups excluding tert-OH is 1. The summed E-state index contributed by atoms with van der Waals surface area (Å²) in [5.74, 6) is 0.813. The molecule has 0 amide bonds. The molecule has 0 saturated heterocycles. The second-order valence-electron chi connectivity index (χ2n) is 7.14. The molecule has 166 valence electrons. The summed E-state index contributed by atoms with van der Waals surface area (Å²) in [4.78, 5) is 7.12. The van der Waals surface area contributed by atoms with E-state index in [1.807, 2.05) is 30.3 Å². The molecule has 0 saturated carbocycles. The van der Waals surface area contributed by atoms with Crippen molar-refractivity contribution in [2.24, 2.45) is 4.99 Å². The number of aliphatic hydroxyl groups is 1. The molecule has 1 atom stereocenters. The molecule has 3 N–H and O–H groups in total. The lowest BCUT2D eigenvalue weighted by Gasteiger charge is -2.18. The summed E-state index contributed by atoms with van der Waals surface area (Å²) in [6.45, 7) is 11.7. The van der Waals surface area contributed by atoms with E-state index in [2.05, 4.69) is 60.6 Å². The fraction of sp³-hybridized carbons (Fsp3) is 0.458. The Morgan fingerprint density at radius 1 is 0.933 bits per heavy atom. The topological polar surface area (TPSA) is 59.9 Å². The molecule has 6 heteroatoms. The van der Waals surface area contributed by atoms with Crippen molar-refractivity contribution in [3.63, 3.8) is 0 Å². The van der Waals surface area contributed by atoms with Crippen LogP contribution in [0.3, 0.4) is 0 Å². The molecule has 2 rings (SSSR count). The first-order valence-corrected chi connectivity index (χ1v) is 10.7. The van der Waals surface area contributed by atoms with Gasteiger partial charge in [-0.05, 0) is 36.7 Å². The normalized spacial score (nSPS) is 12.4. The predicted molar refractivity (Wildman–Crippen MR) is 138 cm³/mol. The second-order valence-corrected chi connectivity index (χ2v) is 7.14. The fourth-order valence-electron chi connectivity index (χ4n) is 3.20. The number of hydrogen-bond donors (Lipinski definition) is 3. The molecule has 0 bridgehead atoms. The van der Waals surface area contributed by atoms with Crippen LogP contribution in [0.4, 0.5) is 0 Å². The Balaban J connectivity index is 0.00000450. The smallest absolute Gasteiger partial charge is 0.191 e. The van der Waals surface area contributed by atoms with Gasteiger partial charge >= 0.3 is 0 Å². The Morgan fingerprint density at radius 2 is 1.57 bits per heavy atom. The zero-order valence-electron chi connectivity index (χ0n) is 18.5. The van der Waals surface area contributed by atoms with Gasteiger partial charge in [0, 0.05) is 25.6 Å². The van der Waals surface area contributed by atoms with Crippen LogP contribution in [-0.2, 0) is 13.1 Å². The Labute approximate surface area is 199 Å². The lowest BCUT2D eigenvalue weighted by atomic mass is 10.0. The van der Waals surface area contributed by atoms with Crippen LogP contribution in [0.1, 0.15) is 43.4 Å². The minimum atomic E-state index is 0. The van der Waals surface area contributed by atoms with E-state index in [0.717, 1.165) is 37.7 Å². The summed E-state index contributed by atoms with van der Waals surface area (Å²) in [5.41, 5.74) is 3.65. The van der Waals surface area contributed by atoms with Gasteiger partial charge in [0.15, 0.2) is 5.96 Å². The maximum Gasteiger partial charge on any atom is 0.191 e. The second kappa shape index (κ2) is 15.2. The Bertz CT molecular complexity index is 718. The van der Waals surface area contributed by atoms with Gasteiger partial charge in [-0.15, -0.1) is 24.0 Å². The van der Waals surface area contributed by atoms with Crippen LogP contribution in [0, 0.1) is 0 Å². The SMILES string of the molecule is CCNC(=NCc1ccc(CN(CC)CC)cc1)NCC(CO)c1ccccc1.I. The highest BCUT2D eigenvalue weighted by Gasteiger charge is 2.10. The molecule has 2 aromatic rings. The van der Waals surface area contributed by atoms with Crippen LogP contribution in [-0.4, -0.2) is 48.8 Å². The molecular weight excluding hydrogens is 487 g/mol. The lowest BCUT2D eigenvalue weighted by Crippen LogP contribution is -2.39. The van der Waals surface area contributed by atoms with E-state index < -0.39 is 0 Å². The first-order chi connectivity index (χ1) is 14.2. The number of halogens is 1. The van der Waals surface area contributed by atoms with Gasteiger partial charge in [0.05, 0.1) is 13.2 Å². The van der Waals surface area contributed by atoms with Crippen LogP contribution in [0.2, 0.25) is 0 Å². The summed E-state index contributed by atoms with van der Waals surface area (Å²) in [6, 6.07) is 18.8. The summed E-state index contributed by atoms with van der Waals surface area (Å²) in [7, 11) is 0. The third kappa shape index (κ3) is 9.02. The summed E-state index contributed by atoms with van der Waals surface area (Å²) in [6.07, 6.45) is 0. The molecule has 0 aromatic heterocycles. The van der Waals surface area contributed by atoms with Gasteiger partial charge in [-0.3, -0.25) is 4.90 Å². The van der Waals surface area contributed by atoms with Crippen LogP contribution < -0.4 is 10.6 Å². The number of benzene rings is 2. The number of nitrogens with zero attached hydrogens (tertiary/aromatic N) is 2. The highest BCUT2D eigenvalue weighted by molar-refractivity contribution is 14.0. The molecule has 0 spiro atoms. The van der Waals surface area contributed by atoms with Crippen LogP contribution in [0.15, 0.2) is 59.6 Å². The third-order valence-corrected chi connectivity index (χ3v) is 5.09. The Hall–Kier alpha value is -1.64. The number of hydrogen-bond acceptors (Lipinski definition) is 3. The molecule has 0 fully saturated rings.